The van der Waals surface area contributed by atoms with E-state index >= 15 is 0 Å². The molecule has 0 aliphatic carbocycles. The molecule has 0 saturated carbocycles. The zero-order valence-corrected chi connectivity index (χ0v) is 16.8. The number of hydrogen-bond donors (Lipinski definition) is 0. The van der Waals surface area contributed by atoms with Gasteiger partial charge in [-0.3, -0.25) is 0 Å². The zero-order valence-electron chi connectivity index (χ0n) is 10.7. The van der Waals surface area contributed by atoms with Gasteiger partial charge in [0.25, 0.3) is 0 Å². The highest BCUT2D eigenvalue weighted by Gasteiger charge is 2.30. The fraction of sp³-hybridized carbons (Fsp3) is 1.00. The predicted molar refractivity (Wildman–Crippen MR) is 76.7 cm³/mol. The van der Waals surface area contributed by atoms with E-state index in [4.69, 9.17) is 16.5 Å². The molecule has 0 radical (unpaired) electrons. The maximum Gasteiger partial charge on any atom is 0.453 e. The van der Waals surface area contributed by atoms with Crippen molar-refractivity contribution in [1.82, 2.24) is 0 Å². The van der Waals surface area contributed by atoms with Gasteiger partial charge >= 0.3 is 18.1 Å². The molecule has 4 nitrogen and oxygen atoms in total. The van der Waals surface area contributed by atoms with Gasteiger partial charge in [-0.05, 0) is 26.2 Å². The summed E-state index contributed by atoms with van der Waals surface area (Å²) in [6.07, 6.45) is 0. The van der Waals surface area contributed by atoms with Gasteiger partial charge in [0.2, 0.25) is 0 Å². The lowest BCUT2D eigenvalue weighted by atomic mass is 11.9. The summed E-state index contributed by atoms with van der Waals surface area (Å²) in [6.45, 7) is 12.7. The summed E-state index contributed by atoms with van der Waals surface area (Å²) < 4.78 is 23.2. The molecular formula is C6H24O4Si5. The standard InChI is InChI=1S/C6H24O4Si5/c1-11-7-14(9-13(3)4)10-15(5,6)8-12-2/h13-14H,11-12H2,1-6H3. The monoisotopic (exact) mass is 300 g/mol. The Morgan fingerprint density at radius 3 is 2.07 bits per heavy atom. The molecular weight excluding hydrogens is 276 g/mol. The van der Waals surface area contributed by atoms with Crippen LogP contribution in [0.3, 0.4) is 0 Å². The first-order valence-electron chi connectivity index (χ1n) is 5.50. The first-order chi connectivity index (χ1) is 6.91. The summed E-state index contributed by atoms with van der Waals surface area (Å²) in [5.41, 5.74) is 0. The van der Waals surface area contributed by atoms with E-state index in [0.29, 0.717) is 0 Å². The second-order valence-electron chi connectivity index (χ2n) is 3.88. The Balaban J connectivity index is 4.13. The minimum atomic E-state index is -1.95. The van der Waals surface area contributed by atoms with Gasteiger partial charge in [0.15, 0.2) is 9.04 Å². The van der Waals surface area contributed by atoms with Crippen LogP contribution in [-0.4, -0.2) is 46.7 Å². The third-order valence-electron chi connectivity index (χ3n) is 1.56. The van der Waals surface area contributed by atoms with E-state index in [1.807, 2.05) is 0 Å². The van der Waals surface area contributed by atoms with E-state index in [1.165, 1.54) is 0 Å². The van der Waals surface area contributed by atoms with Crippen LogP contribution >= 0.6 is 0 Å². The summed E-state index contributed by atoms with van der Waals surface area (Å²) in [6, 6.07) is 0. The predicted octanol–water partition coefficient (Wildman–Crippen LogP) is -0.281. The van der Waals surface area contributed by atoms with Crippen molar-refractivity contribution in [3.8, 4) is 0 Å². The summed E-state index contributed by atoms with van der Waals surface area (Å²) in [4.78, 5) is 0. The van der Waals surface area contributed by atoms with Gasteiger partial charge in [-0.1, -0.05) is 13.1 Å². The van der Waals surface area contributed by atoms with E-state index in [-0.39, 0.29) is 0 Å². The molecule has 9 heteroatoms. The first kappa shape index (κ1) is 15.9. The van der Waals surface area contributed by atoms with Crippen molar-refractivity contribution in [2.75, 3.05) is 0 Å². The lowest BCUT2D eigenvalue weighted by Gasteiger charge is -2.28. The van der Waals surface area contributed by atoms with Crippen molar-refractivity contribution < 1.29 is 16.5 Å². The van der Waals surface area contributed by atoms with Gasteiger partial charge in [0, 0.05) is 0 Å². The Labute approximate surface area is 102 Å². The molecule has 0 aliphatic heterocycles. The molecule has 0 spiro atoms. The fourth-order valence-corrected chi connectivity index (χ4v) is 12.1. The highest BCUT2D eigenvalue weighted by atomic mass is 28.5. The molecule has 0 amide bonds. The van der Waals surface area contributed by atoms with Crippen molar-refractivity contribution >= 4 is 46.7 Å². The summed E-state index contributed by atoms with van der Waals surface area (Å²) >= 11 is 0. The molecule has 0 N–H and O–H groups in total. The van der Waals surface area contributed by atoms with Crippen LogP contribution in [0.15, 0.2) is 0 Å². The molecule has 0 saturated heterocycles. The van der Waals surface area contributed by atoms with Crippen LogP contribution in [0.1, 0.15) is 0 Å². The second-order valence-corrected chi connectivity index (χ2v) is 15.0. The SMILES string of the molecule is C[SiH2]O[SiH](O[SiH](C)C)O[Si](C)(C)O[SiH2]C. The zero-order chi connectivity index (χ0) is 11.9. The van der Waals surface area contributed by atoms with Gasteiger partial charge < -0.3 is 16.5 Å². The normalized spacial score (nSPS) is 16.2. The average molecular weight is 301 g/mol. The van der Waals surface area contributed by atoms with E-state index in [1.54, 1.807) is 0 Å². The van der Waals surface area contributed by atoms with Gasteiger partial charge in [-0.15, -0.1) is 0 Å². The molecule has 1 atom stereocenters. The molecule has 0 bridgehead atoms. The number of rotatable bonds is 8. The molecule has 1 unspecified atom stereocenters. The minimum Gasteiger partial charge on any atom is -0.442 e. The third kappa shape index (κ3) is 8.70. The highest BCUT2D eigenvalue weighted by Crippen LogP contribution is 2.09. The summed E-state index contributed by atoms with van der Waals surface area (Å²) in [7, 11) is -5.73. The van der Waals surface area contributed by atoms with Crippen LogP contribution in [0.4, 0.5) is 0 Å². The molecule has 0 aliphatic rings. The van der Waals surface area contributed by atoms with Crippen LogP contribution in [-0.2, 0) is 16.5 Å². The maximum absolute atomic E-state index is 5.94. The first-order valence-corrected chi connectivity index (χ1v) is 16.5. The topological polar surface area (TPSA) is 36.9 Å². The van der Waals surface area contributed by atoms with E-state index in [9.17, 15) is 0 Å². The second kappa shape index (κ2) is 8.08. The van der Waals surface area contributed by atoms with Crippen molar-refractivity contribution in [3.05, 3.63) is 0 Å². The molecule has 0 heterocycles. The van der Waals surface area contributed by atoms with Gasteiger partial charge in [0.05, 0.1) is 0 Å². The van der Waals surface area contributed by atoms with Crippen LogP contribution < -0.4 is 0 Å². The smallest absolute Gasteiger partial charge is 0.442 e. The molecule has 0 aromatic rings. The molecule has 0 aromatic heterocycles. The number of hydrogen-bond acceptors (Lipinski definition) is 4. The van der Waals surface area contributed by atoms with Crippen molar-refractivity contribution in [3.63, 3.8) is 0 Å². The van der Waals surface area contributed by atoms with Gasteiger partial charge in [-0.25, -0.2) is 0 Å². The third-order valence-corrected chi connectivity index (χ3v) is 14.0. The van der Waals surface area contributed by atoms with Crippen LogP contribution in [0.25, 0.3) is 0 Å². The highest BCUT2D eigenvalue weighted by molar-refractivity contribution is 6.76. The molecule has 0 aromatic carbocycles. The Morgan fingerprint density at radius 2 is 1.67 bits per heavy atom. The Bertz CT molecular complexity index is 168. The lowest BCUT2D eigenvalue weighted by Crippen LogP contribution is -2.46. The Kier molecular flexibility index (Phi) is 8.58. The lowest BCUT2D eigenvalue weighted by molar-refractivity contribution is 0.283. The molecule has 15 heavy (non-hydrogen) atoms. The molecule has 92 valence electrons. The van der Waals surface area contributed by atoms with Crippen molar-refractivity contribution in [2.24, 2.45) is 0 Å². The Hall–Kier alpha value is 0.924. The minimum absolute atomic E-state index is 0.404. The van der Waals surface area contributed by atoms with Crippen LogP contribution in [0.2, 0.25) is 39.3 Å². The summed E-state index contributed by atoms with van der Waals surface area (Å²) in [5, 5.41) is 0. The average Bonchev–Trinajstić information content (AvgIpc) is 2.01. The quantitative estimate of drug-likeness (QED) is 0.578. The molecule has 0 fully saturated rings. The summed E-state index contributed by atoms with van der Waals surface area (Å²) in [5.74, 6) is 0. The van der Waals surface area contributed by atoms with Crippen LogP contribution in [0.5, 0.6) is 0 Å². The van der Waals surface area contributed by atoms with Crippen molar-refractivity contribution in [1.29, 1.82) is 0 Å². The fourth-order valence-electron chi connectivity index (χ4n) is 1.07. The maximum atomic E-state index is 5.94. The molecule has 0 rings (SSSR count). The van der Waals surface area contributed by atoms with Gasteiger partial charge in [0.1, 0.15) is 19.5 Å². The Morgan fingerprint density at radius 1 is 1.07 bits per heavy atom. The largest absolute Gasteiger partial charge is 0.453 e. The van der Waals surface area contributed by atoms with Gasteiger partial charge in [-0.2, -0.15) is 0 Å². The van der Waals surface area contributed by atoms with E-state index in [0.717, 1.165) is 0 Å². The van der Waals surface area contributed by atoms with E-state index in [2.05, 4.69) is 39.3 Å². The van der Waals surface area contributed by atoms with Crippen molar-refractivity contribution in [2.45, 2.75) is 39.3 Å². The van der Waals surface area contributed by atoms with E-state index < -0.39 is 46.7 Å². The van der Waals surface area contributed by atoms with Crippen LogP contribution in [0, 0.1) is 0 Å².